The maximum atomic E-state index is 2.42. The van der Waals surface area contributed by atoms with Crippen LogP contribution in [-0.4, -0.2) is 0 Å². The van der Waals surface area contributed by atoms with Gasteiger partial charge < -0.3 is 4.90 Å². The smallest absolute Gasteiger partial charge is 0.0468 e. The van der Waals surface area contributed by atoms with Gasteiger partial charge in [-0.2, -0.15) is 0 Å². The van der Waals surface area contributed by atoms with E-state index >= 15 is 0 Å². The first-order valence-electron chi connectivity index (χ1n) is 19.1. The second kappa shape index (κ2) is 12.3. The first kappa shape index (κ1) is 32.0. The molecule has 0 spiro atoms. The highest BCUT2D eigenvalue weighted by Crippen LogP contribution is 2.51. The molecule has 0 amide bonds. The van der Waals surface area contributed by atoms with Gasteiger partial charge in [-0.15, -0.1) is 11.3 Å². The van der Waals surface area contributed by atoms with E-state index in [0.29, 0.717) is 0 Å². The Kier molecular flexibility index (Phi) is 7.14. The van der Waals surface area contributed by atoms with Gasteiger partial charge in [-0.25, -0.2) is 0 Å². The maximum absolute atomic E-state index is 2.42. The summed E-state index contributed by atoms with van der Waals surface area (Å²) in [5.41, 5.74) is 13.6. The van der Waals surface area contributed by atoms with Crippen molar-refractivity contribution in [1.82, 2.24) is 0 Å². The molecule has 0 saturated carbocycles. The van der Waals surface area contributed by atoms with E-state index in [1.54, 1.807) is 0 Å². The lowest BCUT2D eigenvalue weighted by atomic mass is 9.82. The Balaban J connectivity index is 1.04. The van der Waals surface area contributed by atoms with Crippen molar-refractivity contribution in [2.45, 2.75) is 19.3 Å². The van der Waals surface area contributed by atoms with Crippen LogP contribution in [0.3, 0.4) is 0 Å². The van der Waals surface area contributed by atoms with E-state index in [-0.39, 0.29) is 5.41 Å². The van der Waals surface area contributed by atoms with Gasteiger partial charge in [0.1, 0.15) is 0 Å². The quantitative estimate of drug-likeness (QED) is 0.171. The summed E-state index contributed by atoms with van der Waals surface area (Å²) in [6.07, 6.45) is 0. The number of fused-ring (bicyclic) bond motifs is 9. The van der Waals surface area contributed by atoms with Crippen LogP contribution in [0.25, 0.3) is 75.1 Å². The van der Waals surface area contributed by atoms with E-state index in [4.69, 9.17) is 0 Å². The summed E-state index contributed by atoms with van der Waals surface area (Å²) < 4.78 is 2.67. The van der Waals surface area contributed by atoms with E-state index in [0.717, 1.165) is 17.1 Å². The summed E-state index contributed by atoms with van der Waals surface area (Å²) in [6, 6.07) is 69.7. The molecule has 2 heteroatoms. The number of hydrogen-bond acceptors (Lipinski definition) is 2. The molecule has 1 aromatic heterocycles. The minimum atomic E-state index is -0.0479. The van der Waals surface area contributed by atoms with Crippen LogP contribution in [0, 0.1) is 0 Å². The van der Waals surface area contributed by atoms with Crippen molar-refractivity contribution in [3.63, 3.8) is 0 Å². The van der Waals surface area contributed by atoms with Crippen LogP contribution in [0.1, 0.15) is 25.0 Å². The number of anilines is 3. The molecule has 1 heterocycles. The molecule has 0 atom stereocenters. The number of hydrogen-bond donors (Lipinski definition) is 0. The Labute approximate surface area is 325 Å². The molecule has 1 aliphatic carbocycles. The van der Waals surface area contributed by atoms with E-state index in [1.807, 2.05) is 11.3 Å². The highest BCUT2D eigenvalue weighted by molar-refractivity contribution is 7.26. The highest BCUT2D eigenvalue weighted by Gasteiger charge is 2.35. The fraction of sp³-hybridized carbons (Fsp3) is 0.0566. The molecule has 0 radical (unpaired) electrons. The van der Waals surface area contributed by atoms with Gasteiger partial charge in [-0.05, 0) is 127 Å². The molecule has 11 rings (SSSR count). The highest BCUT2D eigenvalue weighted by atomic mass is 32.1. The first-order valence-corrected chi connectivity index (χ1v) is 19.9. The maximum Gasteiger partial charge on any atom is 0.0468 e. The first-order chi connectivity index (χ1) is 27.0. The van der Waals surface area contributed by atoms with Gasteiger partial charge in [-0.1, -0.05) is 141 Å². The van der Waals surface area contributed by atoms with Gasteiger partial charge in [0, 0.05) is 42.6 Å². The lowest BCUT2D eigenvalue weighted by molar-refractivity contribution is 0.660. The zero-order valence-corrected chi connectivity index (χ0v) is 31.6. The second-order valence-electron chi connectivity index (χ2n) is 15.4. The SMILES string of the molecule is CC1(C)c2ccccc2-c2cc(N(c3ccc(-c4ccc5ccc6sc7ccccc7c6c5c4)cc3)c3cccc(-c4ccc5ccccc5c4)c3)ccc21. The number of rotatable bonds is 5. The van der Waals surface area contributed by atoms with Crippen molar-refractivity contribution < 1.29 is 0 Å². The molecule has 0 fully saturated rings. The standard InChI is InChI=1S/C53H37NS/c1-53(2)48-16-7-5-14-44(48)47-33-43(27-28-49(47)53)54(42-13-9-12-38(31-42)39-20-18-34-10-3-4-11-37(34)30-39)41-25-22-35(23-26-41)40-21-19-36-24-29-51-52(46(36)32-40)45-15-6-8-17-50(45)55-51/h3-33H,1-2H3. The van der Waals surface area contributed by atoms with Crippen molar-refractivity contribution in [2.24, 2.45) is 0 Å². The third-order valence-electron chi connectivity index (χ3n) is 11.8. The van der Waals surface area contributed by atoms with Crippen LogP contribution in [0.4, 0.5) is 17.1 Å². The van der Waals surface area contributed by atoms with Gasteiger partial charge in [0.15, 0.2) is 0 Å². The summed E-state index contributed by atoms with van der Waals surface area (Å²) in [5, 5.41) is 7.78. The number of thiophene rings is 1. The largest absolute Gasteiger partial charge is 0.310 e. The molecular formula is C53H37NS. The van der Waals surface area contributed by atoms with Crippen molar-refractivity contribution in [3.05, 3.63) is 199 Å². The third kappa shape index (κ3) is 5.13. The van der Waals surface area contributed by atoms with Crippen LogP contribution < -0.4 is 4.90 Å². The summed E-state index contributed by atoms with van der Waals surface area (Å²) in [6.45, 7) is 4.69. The molecule has 0 bridgehead atoms. The Hall–Kier alpha value is -6.48. The van der Waals surface area contributed by atoms with Crippen LogP contribution in [0.15, 0.2) is 188 Å². The molecule has 0 saturated heterocycles. The molecule has 55 heavy (non-hydrogen) atoms. The monoisotopic (exact) mass is 719 g/mol. The van der Waals surface area contributed by atoms with E-state index in [2.05, 4.69) is 207 Å². The van der Waals surface area contributed by atoms with Crippen molar-refractivity contribution >= 4 is 70.1 Å². The zero-order chi connectivity index (χ0) is 36.7. The van der Waals surface area contributed by atoms with Gasteiger partial charge in [-0.3, -0.25) is 0 Å². The third-order valence-corrected chi connectivity index (χ3v) is 13.0. The fourth-order valence-electron chi connectivity index (χ4n) is 9.01. The molecule has 9 aromatic carbocycles. The normalized spacial score (nSPS) is 13.1. The Morgan fingerprint density at radius 3 is 1.93 bits per heavy atom. The van der Waals surface area contributed by atoms with Crippen LogP contribution >= 0.6 is 11.3 Å². The second-order valence-corrected chi connectivity index (χ2v) is 16.5. The number of nitrogens with zero attached hydrogens (tertiary/aromatic N) is 1. The lowest BCUT2D eigenvalue weighted by Gasteiger charge is -2.28. The number of benzene rings is 9. The predicted octanol–water partition coefficient (Wildman–Crippen LogP) is 15.5. The fourth-order valence-corrected chi connectivity index (χ4v) is 10.1. The average molecular weight is 720 g/mol. The Bertz CT molecular complexity index is 3130. The summed E-state index contributed by atoms with van der Waals surface area (Å²) in [5.74, 6) is 0. The molecule has 0 N–H and O–H groups in total. The summed E-state index contributed by atoms with van der Waals surface area (Å²) >= 11 is 1.88. The lowest BCUT2D eigenvalue weighted by Crippen LogP contribution is -2.15. The van der Waals surface area contributed by atoms with E-state index in [1.165, 1.54) is 86.2 Å². The van der Waals surface area contributed by atoms with Gasteiger partial charge in [0.25, 0.3) is 0 Å². The summed E-state index contributed by atoms with van der Waals surface area (Å²) in [4.78, 5) is 2.42. The molecule has 1 aliphatic rings. The van der Waals surface area contributed by atoms with Gasteiger partial charge in [0.2, 0.25) is 0 Å². The van der Waals surface area contributed by atoms with Crippen LogP contribution in [-0.2, 0) is 5.41 Å². The van der Waals surface area contributed by atoms with Crippen molar-refractivity contribution in [1.29, 1.82) is 0 Å². The zero-order valence-electron chi connectivity index (χ0n) is 30.8. The van der Waals surface area contributed by atoms with Gasteiger partial charge >= 0.3 is 0 Å². The van der Waals surface area contributed by atoms with Gasteiger partial charge in [0.05, 0.1) is 0 Å². The summed E-state index contributed by atoms with van der Waals surface area (Å²) in [7, 11) is 0. The van der Waals surface area contributed by atoms with E-state index in [9.17, 15) is 0 Å². The van der Waals surface area contributed by atoms with Crippen molar-refractivity contribution in [2.75, 3.05) is 4.90 Å². The molecule has 0 unspecified atom stereocenters. The molecule has 260 valence electrons. The predicted molar refractivity (Wildman–Crippen MR) is 237 cm³/mol. The Morgan fingerprint density at radius 2 is 1.04 bits per heavy atom. The van der Waals surface area contributed by atoms with Crippen LogP contribution in [0.2, 0.25) is 0 Å². The van der Waals surface area contributed by atoms with E-state index < -0.39 is 0 Å². The molecule has 0 aliphatic heterocycles. The Morgan fingerprint density at radius 1 is 0.382 bits per heavy atom. The minimum Gasteiger partial charge on any atom is -0.310 e. The molecule has 10 aromatic rings. The molecular weight excluding hydrogens is 683 g/mol. The minimum absolute atomic E-state index is 0.0479. The molecule has 1 nitrogen and oxygen atoms in total. The average Bonchev–Trinajstić information content (AvgIpc) is 3.73. The van der Waals surface area contributed by atoms with Crippen LogP contribution in [0.5, 0.6) is 0 Å². The topological polar surface area (TPSA) is 3.24 Å². The van der Waals surface area contributed by atoms with Crippen molar-refractivity contribution in [3.8, 4) is 33.4 Å².